The van der Waals surface area contributed by atoms with Gasteiger partial charge in [-0.3, -0.25) is 4.79 Å². The lowest BCUT2D eigenvalue weighted by Gasteiger charge is -2.19. The average molecular weight is 183 g/mol. The van der Waals surface area contributed by atoms with Crippen LogP contribution in [-0.4, -0.2) is 11.9 Å². The first-order chi connectivity index (χ1) is 5.97. The van der Waals surface area contributed by atoms with Gasteiger partial charge in [0.05, 0.1) is 0 Å². The van der Waals surface area contributed by atoms with Gasteiger partial charge in [-0.05, 0) is 24.7 Å². The minimum Gasteiger partial charge on any atom is -0.353 e. The summed E-state index contributed by atoms with van der Waals surface area (Å²) in [7, 11) is 0. The molecule has 0 aromatic rings. The van der Waals surface area contributed by atoms with Crippen molar-refractivity contribution in [3.8, 4) is 0 Å². The second-order valence-corrected chi connectivity index (χ2v) is 5.26. The van der Waals surface area contributed by atoms with E-state index >= 15 is 0 Å². The van der Waals surface area contributed by atoms with Crippen molar-refractivity contribution in [2.24, 2.45) is 5.41 Å². The second kappa shape index (κ2) is 4.12. The summed E-state index contributed by atoms with van der Waals surface area (Å²) in [6, 6.07) is 0.467. The van der Waals surface area contributed by atoms with Gasteiger partial charge in [-0.25, -0.2) is 0 Å². The van der Waals surface area contributed by atoms with Crippen LogP contribution in [0, 0.1) is 5.41 Å². The van der Waals surface area contributed by atoms with Gasteiger partial charge in [0.2, 0.25) is 5.91 Å². The topological polar surface area (TPSA) is 29.1 Å². The molecule has 2 heteroatoms. The molecule has 1 amide bonds. The van der Waals surface area contributed by atoms with Gasteiger partial charge < -0.3 is 5.32 Å². The second-order valence-electron chi connectivity index (χ2n) is 5.26. The fourth-order valence-corrected chi connectivity index (χ4v) is 1.77. The zero-order valence-electron chi connectivity index (χ0n) is 9.02. The number of rotatable bonds is 3. The molecule has 0 aromatic heterocycles. The third kappa shape index (κ3) is 4.30. The molecule has 1 aliphatic rings. The summed E-state index contributed by atoms with van der Waals surface area (Å²) in [5.74, 6) is 0.237. The third-order valence-electron chi connectivity index (χ3n) is 2.56. The van der Waals surface area contributed by atoms with Gasteiger partial charge in [0, 0.05) is 12.5 Å². The lowest BCUT2D eigenvalue weighted by molar-refractivity contribution is -0.119. The summed E-state index contributed by atoms with van der Waals surface area (Å²) in [6.45, 7) is 6.79. The van der Waals surface area contributed by atoms with Crippen LogP contribution < -0.4 is 5.32 Å². The lowest BCUT2D eigenvalue weighted by atomic mass is 9.89. The van der Waals surface area contributed by atoms with Crippen molar-refractivity contribution in [1.82, 2.24) is 5.32 Å². The first kappa shape index (κ1) is 10.6. The Morgan fingerprint density at radius 3 is 2.62 bits per heavy atom. The van der Waals surface area contributed by atoms with Crippen molar-refractivity contribution >= 4 is 5.91 Å². The average Bonchev–Trinajstić information content (AvgIpc) is 2.33. The molecule has 1 N–H and O–H groups in total. The minimum absolute atomic E-state index is 0.237. The number of hydrogen-bond donors (Lipinski definition) is 1. The third-order valence-corrected chi connectivity index (χ3v) is 2.56. The molecule has 0 bridgehead atoms. The molecule has 0 saturated carbocycles. The van der Waals surface area contributed by atoms with E-state index in [-0.39, 0.29) is 5.91 Å². The molecule has 1 rings (SSSR count). The first-order valence-electron chi connectivity index (χ1n) is 5.27. The van der Waals surface area contributed by atoms with E-state index in [1.54, 1.807) is 0 Å². The van der Waals surface area contributed by atoms with Crippen molar-refractivity contribution in [3.05, 3.63) is 0 Å². The predicted molar refractivity (Wildman–Crippen MR) is 54.5 cm³/mol. The first-order valence-corrected chi connectivity index (χ1v) is 5.27. The quantitative estimate of drug-likeness (QED) is 0.715. The van der Waals surface area contributed by atoms with Gasteiger partial charge in [-0.1, -0.05) is 27.2 Å². The summed E-state index contributed by atoms with van der Waals surface area (Å²) >= 11 is 0. The highest BCUT2D eigenvalue weighted by molar-refractivity contribution is 5.78. The summed E-state index contributed by atoms with van der Waals surface area (Å²) in [5, 5.41) is 3.00. The van der Waals surface area contributed by atoms with Gasteiger partial charge in [0.1, 0.15) is 0 Å². The van der Waals surface area contributed by atoms with Crippen LogP contribution in [0.4, 0.5) is 0 Å². The van der Waals surface area contributed by atoms with Crippen LogP contribution in [0.25, 0.3) is 0 Å². The Labute approximate surface area is 81.1 Å². The fourth-order valence-electron chi connectivity index (χ4n) is 1.77. The zero-order valence-corrected chi connectivity index (χ0v) is 9.02. The molecule has 0 radical (unpaired) electrons. The zero-order chi connectivity index (χ0) is 9.90. The number of nitrogens with one attached hydrogen (secondary N) is 1. The molecule has 13 heavy (non-hydrogen) atoms. The Morgan fingerprint density at radius 2 is 2.15 bits per heavy atom. The molecule has 1 heterocycles. The number of amides is 1. The smallest absolute Gasteiger partial charge is 0.220 e. The molecule has 2 nitrogen and oxygen atoms in total. The molecule has 0 aromatic carbocycles. The molecular formula is C11H21NO. The maximum Gasteiger partial charge on any atom is 0.220 e. The van der Waals surface area contributed by atoms with Crippen molar-refractivity contribution in [2.75, 3.05) is 0 Å². The van der Waals surface area contributed by atoms with Crippen LogP contribution in [0.1, 0.15) is 52.9 Å². The normalized spacial score (nSPS) is 23.3. The molecule has 76 valence electrons. The highest BCUT2D eigenvalue weighted by Gasteiger charge is 2.20. The maximum absolute atomic E-state index is 10.9. The highest BCUT2D eigenvalue weighted by atomic mass is 16.1. The summed E-state index contributed by atoms with van der Waals surface area (Å²) < 4.78 is 0. The summed E-state index contributed by atoms with van der Waals surface area (Å²) in [6.07, 6.45) is 5.42. The van der Waals surface area contributed by atoms with Gasteiger partial charge in [0.25, 0.3) is 0 Å². The molecule has 0 aliphatic carbocycles. The van der Waals surface area contributed by atoms with Crippen LogP contribution in [0.2, 0.25) is 0 Å². The molecular weight excluding hydrogens is 162 g/mol. The fraction of sp³-hybridized carbons (Fsp3) is 0.909. The van der Waals surface area contributed by atoms with Crippen LogP contribution in [0.3, 0.4) is 0 Å². The van der Waals surface area contributed by atoms with Crippen molar-refractivity contribution in [2.45, 2.75) is 58.9 Å². The lowest BCUT2D eigenvalue weighted by Crippen LogP contribution is -2.25. The van der Waals surface area contributed by atoms with E-state index in [2.05, 4.69) is 26.1 Å². The number of carbonyl (C=O) groups is 1. The Morgan fingerprint density at radius 1 is 1.46 bits per heavy atom. The molecule has 0 spiro atoms. The minimum atomic E-state index is 0.237. The van der Waals surface area contributed by atoms with E-state index in [0.29, 0.717) is 11.5 Å². The van der Waals surface area contributed by atoms with Gasteiger partial charge in [0.15, 0.2) is 0 Å². The molecule has 0 unspecified atom stereocenters. The highest BCUT2D eigenvalue weighted by Crippen LogP contribution is 2.23. The summed E-state index contributed by atoms with van der Waals surface area (Å²) in [5.41, 5.74) is 0.433. The maximum atomic E-state index is 10.9. The van der Waals surface area contributed by atoms with Gasteiger partial charge in [-0.2, -0.15) is 0 Å². The predicted octanol–water partition coefficient (Wildman–Crippen LogP) is 2.48. The van der Waals surface area contributed by atoms with E-state index < -0.39 is 0 Å². The van der Waals surface area contributed by atoms with Crippen molar-refractivity contribution < 1.29 is 4.79 Å². The van der Waals surface area contributed by atoms with E-state index in [9.17, 15) is 4.79 Å². The van der Waals surface area contributed by atoms with Gasteiger partial charge in [-0.15, -0.1) is 0 Å². The Kier molecular flexibility index (Phi) is 3.34. The van der Waals surface area contributed by atoms with Gasteiger partial charge >= 0.3 is 0 Å². The largest absolute Gasteiger partial charge is 0.353 e. The Hall–Kier alpha value is -0.530. The van der Waals surface area contributed by atoms with Crippen molar-refractivity contribution in [3.63, 3.8) is 0 Å². The molecule has 1 saturated heterocycles. The Balaban J connectivity index is 2.10. The summed E-state index contributed by atoms with van der Waals surface area (Å²) in [4.78, 5) is 10.9. The van der Waals surface area contributed by atoms with Crippen LogP contribution in [-0.2, 0) is 4.79 Å². The van der Waals surface area contributed by atoms with Crippen LogP contribution in [0.5, 0.6) is 0 Å². The van der Waals surface area contributed by atoms with E-state index in [1.807, 2.05) is 0 Å². The molecule has 1 fully saturated rings. The number of hydrogen-bond acceptors (Lipinski definition) is 1. The molecule has 1 aliphatic heterocycles. The van der Waals surface area contributed by atoms with E-state index in [1.165, 1.54) is 12.8 Å². The van der Waals surface area contributed by atoms with E-state index in [0.717, 1.165) is 19.3 Å². The van der Waals surface area contributed by atoms with Crippen molar-refractivity contribution in [1.29, 1.82) is 0 Å². The van der Waals surface area contributed by atoms with E-state index in [4.69, 9.17) is 0 Å². The molecule has 1 atom stereocenters. The van der Waals surface area contributed by atoms with Crippen LogP contribution >= 0.6 is 0 Å². The van der Waals surface area contributed by atoms with Crippen LogP contribution in [0.15, 0.2) is 0 Å². The standard InChI is InChI=1S/C11H21NO/c1-11(2,3)8-4-5-9-6-7-10(13)12-9/h9H,4-8H2,1-3H3,(H,12,13)/t9-/m0/s1. The Bertz CT molecular complexity index is 181. The number of carbonyl (C=O) groups excluding carboxylic acids is 1. The SMILES string of the molecule is CC(C)(C)CCC[C@H]1CCC(=O)N1. The monoisotopic (exact) mass is 183 g/mol.